The molecule has 4 heteroatoms. The lowest BCUT2D eigenvalue weighted by Crippen LogP contribution is -2.57. The fourth-order valence-electron chi connectivity index (χ4n) is 4.66. The summed E-state index contributed by atoms with van der Waals surface area (Å²) in [5.41, 5.74) is 1.08. The van der Waals surface area contributed by atoms with Gasteiger partial charge < -0.3 is 9.64 Å². The van der Waals surface area contributed by atoms with Crippen molar-refractivity contribution in [3.05, 3.63) is 35.6 Å². The van der Waals surface area contributed by atoms with Crippen molar-refractivity contribution >= 4 is 0 Å². The number of hydrogen-bond donors (Lipinski definition) is 0. The van der Waals surface area contributed by atoms with E-state index in [-0.39, 0.29) is 11.9 Å². The Morgan fingerprint density at radius 3 is 2.56 bits per heavy atom. The van der Waals surface area contributed by atoms with E-state index >= 15 is 0 Å². The molecule has 2 aliphatic rings. The van der Waals surface area contributed by atoms with E-state index in [0.29, 0.717) is 18.1 Å². The van der Waals surface area contributed by atoms with Gasteiger partial charge in [-0.3, -0.25) is 4.90 Å². The summed E-state index contributed by atoms with van der Waals surface area (Å²) < 4.78 is 19.5. The smallest absolute Gasteiger partial charge is 0.123 e. The highest BCUT2D eigenvalue weighted by Crippen LogP contribution is 2.29. The summed E-state index contributed by atoms with van der Waals surface area (Å²) in [6.07, 6.45) is 5.89. The summed E-state index contributed by atoms with van der Waals surface area (Å²) >= 11 is 0. The fourth-order valence-corrected chi connectivity index (χ4v) is 4.66. The standard InChI is InChI=1S/C21H33FN2O/c1-16(2)23-12-9-19(10-13-23)24-11-5-8-21(25-3)20(24)15-17-6-4-7-18(22)14-17/h4,6-7,14,16,19-21H,5,8-13,15H2,1-3H3/t20-,21-/m0/s1. The molecule has 2 aliphatic heterocycles. The third kappa shape index (κ3) is 4.60. The Morgan fingerprint density at radius 1 is 1.16 bits per heavy atom. The Bertz CT molecular complexity index is 542. The first-order valence-corrected chi connectivity index (χ1v) is 9.85. The van der Waals surface area contributed by atoms with Gasteiger partial charge in [-0.15, -0.1) is 0 Å². The minimum Gasteiger partial charge on any atom is -0.380 e. The van der Waals surface area contributed by atoms with E-state index < -0.39 is 0 Å². The molecule has 0 saturated carbocycles. The van der Waals surface area contributed by atoms with Crippen molar-refractivity contribution in [3.63, 3.8) is 0 Å². The quantitative estimate of drug-likeness (QED) is 0.806. The molecule has 140 valence electrons. The van der Waals surface area contributed by atoms with Gasteiger partial charge in [-0.25, -0.2) is 4.39 Å². The summed E-state index contributed by atoms with van der Waals surface area (Å²) in [5.74, 6) is -0.140. The van der Waals surface area contributed by atoms with Crippen LogP contribution in [0.3, 0.4) is 0 Å². The van der Waals surface area contributed by atoms with E-state index in [0.717, 1.165) is 24.9 Å². The molecule has 2 fully saturated rings. The van der Waals surface area contributed by atoms with Gasteiger partial charge in [0.1, 0.15) is 5.82 Å². The average Bonchev–Trinajstić information content (AvgIpc) is 2.62. The van der Waals surface area contributed by atoms with Gasteiger partial charge in [0, 0.05) is 25.2 Å². The predicted octanol–water partition coefficient (Wildman–Crippen LogP) is 3.72. The second kappa shape index (κ2) is 8.61. The first-order valence-electron chi connectivity index (χ1n) is 9.85. The summed E-state index contributed by atoms with van der Waals surface area (Å²) in [7, 11) is 1.83. The van der Waals surface area contributed by atoms with Crippen molar-refractivity contribution < 1.29 is 9.13 Å². The number of nitrogens with zero attached hydrogens (tertiary/aromatic N) is 2. The molecule has 3 nitrogen and oxygen atoms in total. The van der Waals surface area contributed by atoms with Crippen LogP contribution in [-0.4, -0.2) is 60.8 Å². The minimum absolute atomic E-state index is 0.140. The van der Waals surface area contributed by atoms with Crippen molar-refractivity contribution in [2.75, 3.05) is 26.7 Å². The SMILES string of the molecule is CO[C@H]1CCCN(C2CCN(C(C)C)CC2)[C@H]1Cc1cccc(F)c1. The molecule has 0 amide bonds. The van der Waals surface area contributed by atoms with Crippen molar-refractivity contribution in [2.24, 2.45) is 0 Å². The maximum atomic E-state index is 13.6. The zero-order valence-corrected chi connectivity index (χ0v) is 16.0. The molecule has 0 radical (unpaired) electrons. The maximum Gasteiger partial charge on any atom is 0.123 e. The molecule has 2 atom stereocenters. The first-order chi connectivity index (χ1) is 12.1. The van der Waals surface area contributed by atoms with Gasteiger partial charge in [-0.05, 0) is 83.3 Å². The molecule has 2 saturated heterocycles. The summed E-state index contributed by atoms with van der Waals surface area (Å²) in [6, 6.07) is 8.70. The average molecular weight is 349 g/mol. The Morgan fingerprint density at radius 2 is 1.92 bits per heavy atom. The molecule has 0 bridgehead atoms. The van der Waals surface area contributed by atoms with Crippen LogP contribution in [0.5, 0.6) is 0 Å². The van der Waals surface area contributed by atoms with Crippen LogP contribution in [0.25, 0.3) is 0 Å². The van der Waals surface area contributed by atoms with Gasteiger partial charge in [0.05, 0.1) is 6.10 Å². The van der Waals surface area contributed by atoms with Crippen LogP contribution in [0.1, 0.15) is 45.1 Å². The van der Waals surface area contributed by atoms with Crippen molar-refractivity contribution in [1.82, 2.24) is 9.80 Å². The number of methoxy groups -OCH3 is 1. The molecule has 1 aromatic carbocycles. The van der Waals surface area contributed by atoms with E-state index in [9.17, 15) is 4.39 Å². The highest BCUT2D eigenvalue weighted by atomic mass is 19.1. The molecule has 3 rings (SSSR count). The summed E-state index contributed by atoms with van der Waals surface area (Å²) in [4.78, 5) is 5.26. The Balaban J connectivity index is 1.71. The van der Waals surface area contributed by atoms with E-state index in [1.54, 1.807) is 6.07 Å². The lowest BCUT2D eigenvalue weighted by molar-refractivity contribution is -0.0482. The van der Waals surface area contributed by atoms with Crippen LogP contribution in [0.2, 0.25) is 0 Å². The second-order valence-corrected chi connectivity index (χ2v) is 7.92. The van der Waals surface area contributed by atoms with Crippen LogP contribution in [0, 0.1) is 5.82 Å². The molecule has 0 unspecified atom stereocenters. The lowest BCUT2D eigenvalue weighted by atomic mass is 9.89. The van der Waals surface area contributed by atoms with E-state index in [4.69, 9.17) is 4.74 Å². The van der Waals surface area contributed by atoms with Gasteiger partial charge in [0.15, 0.2) is 0 Å². The van der Waals surface area contributed by atoms with Crippen LogP contribution in [-0.2, 0) is 11.2 Å². The maximum absolute atomic E-state index is 13.6. The topological polar surface area (TPSA) is 15.7 Å². The van der Waals surface area contributed by atoms with Gasteiger partial charge >= 0.3 is 0 Å². The number of halogens is 1. The van der Waals surface area contributed by atoms with Crippen molar-refractivity contribution in [1.29, 1.82) is 0 Å². The molecule has 0 spiro atoms. The predicted molar refractivity (Wildman–Crippen MR) is 100 cm³/mol. The lowest BCUT2D eigenvalue weighted by Gasteiger charge is -2.48. The van der Waals surface area contributed by atoms with Crippen molar-refractivity contribution in [2.45, 2.75) is 70.2 Å². The van der Waals surface area contributed by atoms with Gasteiger partial charge in [-0.1, -0.05) is 12.1 Å². The fraction of sp³-hybridized carbons (Fsp3) is 0.714. The van der Waals surface area contributed by atoms with Gasteiger partial charge in [0.2, 0.25) is 0 Å². The van der Waals surface area contributed by atoms with E-state index in [1.807, 2.05) is 19.2 Å². The zero-order valence-electron chi connectivity index (χ0n) is 16.0. The number of benzene rings is 1. The second-order valence-electron chi connectivity index (χ2n) is 7.92. The largest absolute Gasteiger partial charge is 0.380 e. The molecule has 25 heavy (non-hydrogen) atoms. The van der Waals surface area contributed by atoms with Crippen LogP contribution in [0.4, 0.5) is 4.39 Å². The third-order valence-corrected chi connectivity index (χ3v) is 6.10. The Kier molecular flexibility index (Phi) is 6.48. The highest BCUT2D eigenvalue weighted by Gasteiger charge is 2.37. The molecule has 0 aromatic heterocycles. The molecule has 2 heterocycles. The van der Waals surface area contributed by atoms with Crippen LogP contribution in [0.15, 0.2) is 24.3 Å². The number of hydrogen-bond acceptors (Lipinski definition) is 3. The number of rotatable bonds is 5. The van der Waals surface area contributed by atoms with Gasteiger partial charge in [0.25, 0.3) is 0 Å². The zero-order chi connectivity index (χ0) is 17.8. The molecule has 0 N–H and O–H groups in total. The normalized spacial score (nSPS) is 27.1. The van der Waals surface area contributed by atoms with Crippen molar-refractivity contribution in [3.8, 4) is 0 Å². The van der Waals surface area contributed by atoms with E-state index in [2.05, 4.69) is 23.6 Å². The molecule has 0 aliphatic carbocycles. The minimum atomic E-state index is -0.140. The number of ether oxygens (including phenoxy) is 1. The highest BCUT2D eigenvalue weighted by molar-refractivity contribution is 5.18. The molecule has 1 aromatic rings. The Hall–Kier alpha value is -0.970. The first kappa shape index (κ1) is 18.8. The van der Waals surface area contributed by atoms with Gasteiger partial charge in [-0.2, -0.15) is 0 Å². The monoisotopic (exact) mass is 348 g/mol. The van der Waals surface area contributed by atoms with Crippen LogP contribution >= 0.6 is 0 Å². The summed E-state index contributed by atoms with van der Waals surface area (Å²) in [5, 5.41) is 0. The van der Waals surface area contributed by atoms with E-state index in [1.165, 1.54) is 38.4 Å². The van der Waals surface area contributed by atoms with Crippen LogP contribution < -0.4 is 0 Å². The number of piperidine rings is 2. The molecular weight excluding hydrogens is 315 g/mol. The third-order valence-electron chi connectivity index (χ3n) is 6.10. The molecular formula is C21H33FN2O. The Labute approximate surface area is 152 Å². The number of likely N-dealkylation sites (tertiary alicyclic amines) is 2. The summed E-state index contributed by atoms with van der Waals surface area (Å²) in [6.45, 7) is 8.09.